The lowest BCUT2D eigenvalue weighted by Crippen LogP contribution is -2.51. The molecular formula is C21H25BrClN5O4. The number of nitrogens with one attached hydrogen (secondary N) is 1. The Labute approximate surface area is 199 Å². The minimum absolute atomic E-state index is 0.225. The Hall–Kier alpha value is -2.59. The number of aromatic nitrogens is 2. The van der Waals surface area contributed by atoms with E-state index in [0.717, 1.165) is 0 Å². The fourth-order valence-corrected chi connectivity index (χ4v) is 3.67. The molecule has 1 saturated heterocycles. The van der Waals surface area contributed by atoms with Crippen LogP contribution in [0, 0.1) is 0 Å². The minimum atomic E-state index is -0.568. The molecule has 0 atom stereocenters. The van der Waals surface area contributed by atoms with Gasteiger partial charge < -0.3 is 24.4 Å². The molecule has 2 heterocycles. The lowest BCUT2D eigenvalue weighted by atomic mass is 10.1. The highest BCUT2D eigenvalue weighted by Crippen LogP contribution is 2.24. The molecule has 1 aromatic heterocycles. The first-order chi connectivity index (χ1) is 15.0. The Morgan fingerprint density at radius 3 is 2.28 bits per heavy atom. The van der Waals surface area contributed by atoms with E-state index in [2.05, 4.69) is 26.2 Å². The second-order valence-electron chi connectivity index (χ2n) is 8.37. The lowest BCUT2D eigenvalue weighted by Gasteiger charge is -2.35. The van der Waals surface area contributed by atoms with E-state index in [-0.39, 0.29) is 22.8 Å². The summed E-state index contributed by atoms with van der Waals surface area (Å²) >= 11 is 9.65. The van der Waals surface area contributed by atoms with Gasteiger partial charge >= 0.3 is 6.09 Å². The van der Waals surface area contributed by atoms with Crippen LogP contribution in [0.5, 0.6) is 0 Å². The first kappa shape index (κ1) is 24.1. The highest BCUT2D eigenvalue weighted by molar-refractivity contribution is 9.10. The zero-order valence-electron chi connectivity index (χ0n) is 18.3. The molecule has 0 unspecified atom stereocenters. The number of ether oxygens (including phenoxy) is 1. The van der Waals surface area contributed by atoms with Gasteiger partial charge in [0.25, 0.3) is 11.8 Å². The van der Waals surface area contributed by atoms with Crippen molar-refractivity contribution in [1.29, 1.82) is 0 Å². The van der Waals surface area contributed by atoms with Gasteiger partial charge in [-0.2, -0.15) is 0 Å². The van der Waals surface area contributed by atoms with Crippen molar-refractivity contribution in [3.63, 3.8) is 0 Å². The van der Waals surface area contributed by atoms with E-state index < -0.39 is 11.5 Å². The number of hydrogen-bond acceptors (Lipinski definition) is 5. The Morgan fingerprint density at radius 2 is 1.75 bits per heavy atom. The molecule has 3 rings (SSSR count). The van der Waals surface area contributed by atoms with E-state index in [1.54, 1.807) is 33.5 Å². The van der Waals surface area contributed by atoms with Crippen LogP contribution in [-0.4, -0.2) is 69.0 Å². The Balaban J connectivity index is 1.61. The molecule has 11 heteroatoms. The number of amides is 3. The number of rotatable bonds is 3. The van der Waals surface area contributed by atoms with Gasteiger partial charge in [0.15, 0.2) is 5.82 Å². The highest BCUT2D eigenvalue weighted by atomic mass is 79.9. The van der Waals surface area contributed by atoms with E-state index >= 15 is 0 Å². The maximum atomic E-state index is 12.9. The van der Waals surface area contributed by atoms with Gasteiger partial charge in [0.1, 0.15) is 10.2 Å². The van der Waals surface area contributed by atoms with E-state index in [4.69, 9.17) is 16.3 Å². The van der Waals surface area contributed by atoms with Gasteiger partial charge in [-0.25, -0.2) is 9.78 Å². The SMILES string of the molecule is Cn1c(Br)cnc1C(=O)Nc1ccc(C(=O)N2CCN(C(=O)OC(C)(C)C)CC2)c(Cl)c1. The van der Waals surface area contributed by atoms with Crippen molar-refractivity contribution in [2.45, 2.75) is 26.4 Å². The summed E-state index contributed by atoms with van der Waals surface area (Å²) in [4.78, 5) is 44.8. The van der Waals surface area contributed by atoms with Crippen LogP contribution in [0.1, 0.15) is 41.7 Å². The third-order valence-electron chi connectivity index (χ3n) is 4.81. The molecule has 0 aliphatic carbocycles. The topological polar surface area (TPSA) is 96.8 Å². The van der Waals surface area contributed by atoms with E-state index in [1.165, 1.54) is 12.3 Å². The zero-order chi connectivity index (χ0) is 23.6. The largest absolute Gasteiger partial charge is 0.444 e. The Bertz CT molecular complexity index is 1040. The molecular weight excluding hydrogens is 502 g/mol. The van der Waals surface area contributed by atoms with Crippen molar-refractivity contribution in [2.24, 2.45) is 7.05 Å². The average Bonchev–Trinajstić information content (AvgIpc) is 3.05. The summed E-state index contributed by atoms with van der Waals surface area (Å²) in [5.74, 6) is -0.396. The summed E-state index contributed by atoms with van der Waals surface area (Å²) in [6.07, 6.45) is 1.15. The van der Waals surface area contributed by atoms with Gasteiger partial charge in [0.2, 0.25) is 0 Å². The number of imidazole rings is 1. The van der Waals surface area contributed by atoms with Crippen LogP contribution >= 0.6 is 27.5 Å². The van der Waals surface area contributed by atoms with Crippen molar-refractivity contribution in [1.82, 2.24) is 19.4 Å². The van der Waals surface area contributed by atoms with E-state index in [1.807, 2.05) is 20.8 Å². The second kappa shape index (κ2) is 9.50. The number of hydrogen-bond donors (Lipinski definition) is 1. The number of carbonyl (C=O) groups excluding carboxylic acids is 3. The molecule has 0 spiro atoms. The van der Waals surface area contributed by atoms with Gasteiger partial charge in [0.05, 0.1) is 16.8 Å². The summed E-state index contributed by atoms with van der Waals surface area (Å²) in [6.45, 7) is 6.95. The summed E-state index contributed by atoms with van der Waals surface area (Å²) in [6, 6.07) is 4.72. The predicted molar refractivity (Wildman–Crippen MR) is 124 cm³/mol. The smallest absolute Gasteiger partial charge is 0.410 e. The third-order valence-corrected chi connectivity index (χ3v) is 5.86. The number of carbonyl (C=O) groups is 3. The van der Waals surface area contributed by atoms with Gasteiger partial charge in [-0.05, 0) is 54.9 Å². The van der Waals surface area contributed by atoms with Crippen LogP contribution in [0.2, 0.25) is 5.02 Å². The molecule has 1 aliphatic heterocycles. The molecule has 172 valence electrons. The first-order valence-electron chi connectivity index (χ1n) is 10.0. The van der Waals surface area contributed by atoms with Gasteiger partial charge in [0, 0.05) is 38.9 Å². The molecule has 32 heavy (non-hydrogen) atoms. The van der Waals surface area contributed by atoms with Crippen molar-refractivity contribution in [3.05, 3.63) is 45.4 Å². The predicted octanol–water partition coefficient (Wildman–Crippen LogP) is 3.78. The Morgan fingerprint density at radius 1 is 1.12 bits per heavy atom. The van der Waals surface area contributed by atoms with E-state index in [0.29, 0.717) is 42.0 Å². The summed E-state index contributed by atoms with van der Waals surface area (Å²) in [5.41, 5.74) is 0.210. The van der Waals surface area contributed by atoms with Crippen LogP contribution in [-0.2, 0) is 11.8 Å². The average molecular weight is 527 g/mol. The Kier molecular flexibility index (Phi) is 7.14. The maximum Gasteiger partial charge on any atom is 0.410 e. The normalized spacial score (nSPS) is 14.3. The minimum Gasteiger partial charge on any atom is -0.444 e. The van der Waals surface area contributed by atoms with Crippen LogP contribution in [0.4, 0.5) is 10.5 Å². The lowest BCUT2D eigenvalue weighted by molar-refractivity contribution is 0.0141. The summed E-state index contributed by atoms with van der Waals surface area (Å²) in [7, 11) is 1.71. The molecule has 0 bridgehead atoms. The van der Waals surface area contributed by atoms with Crippen molar-refractivity contribution < 1.29 is 19.1 Å². The first-order valence-corrected chi connectivity index (χ1v) is 11.2. The number of piperazine rings is 1. The summed E-state index contributed by atoms with van der Waals surface area (Å²) < 4.78 is 7.66. The summed E-state index contributed by atoms with van der Waals surface area (Å²) in [5, 5.41) is 2.95. The number of benzene rings is 1. The molecule has 9 nitrogen and oxygen atoms in total. The monoisotopic (exact) mass is 525 g/mol. The van der Waals surface area contributed by atoms with Crippen LogP contribution < -0.4 is 5.32 Å². The van der Waals surface area contributed by atoms with Gasteiger partial charge in [-0.1, -0.05) is 11.6 Å². The van der Waals surface area contributed by atoms with Crippen LogP contribution in [0.3, 0.4) is 0 Å². The number of nitrogens with zero attached hydrogens (tertiary/aromatic N) is 4. The standard InChI is InChI=1S/C21H25BrClN5O4/c1-21(2,3)32-20(31)28-9-7-27(8-10-28)19(30)14-6-5-13(11-15(14)23)25-18(29)17-24-12-16(22)26(17)4/h5-6,11-12H,7-10H2,1-4H3,(H,25,29). The quantitative estimate of drug-likeness (QED) is 0.657. The molecule has 1 fully saturated rings. The fourth-order valence-electron chi connectivity index (χ4n) is 3.14. The molecule has 1 N–H and O–H groups in total. The molecule has 1 aromatic carbocycles. The number of halogens is 2. The number of anilines is 1. The second-order valence-corrected chi connectivity index (χ2v) is 9.59. The van der Waals surface area contributed by atoms with Crippen LogP contribution in [0.25, 0.3) is 0 Å². The zero-order valence-corrected chi connectivity index (χ0v) is 20.7. The fraction of sp³-hybridized carbons (Fsp3) is 0.429. The molecule has 2 aromatic rings. The van der Waals surface area contributed by atoms with Crippen molar-refractivity contribution in [3.8, 4) is 0 Å². The van der Waals surface area contributed by atoms with Crippen molar-refractivity contribution >= 4 is 51.1 Å². The molecule has 0 radical (unpaired) electrons. The van der Waals surface area contributed by atoms with E-state index in [9.17, 15) is 14.4 Å². The molecule has 0 saturated carbocycles. The van der Waals surface area contributed by atoms with Gasteiger partial charge in [-0.15, -0.1) is 0 Å². The van der Waals surface area contributed by atoms with Crippen LogP contribution in [0.15, 0.2) is 29.0 Å². The highest BCUT2D eigenvalue weighted by Gasteiger charge is 2.29. The maximum absolute atomic E-state index is 12.9. The van der Waals surface area contributed by atoms with Crippen molar-refractivity contribution in [2.75, 3.05) is 31.5 Å². The third kappa shape index (κ3) is 5.60. The molecule has 3 amide bonds. The van der Waals surface area contributed by atoms with Gasteiger partial charge in [-0.3, -0.25) is 9.59 Å². The molecule has 1 aliphatic rings.